The molecule has 0 aromatic heterocycles. The van der Waals surface area contributed by atoms with Crippen LogP contribution in [0.4, 0.5) is 16.2 Å². The monoisotopic (exact) mass is 422 g/mol. The summed E-state index contributed by atoms with van der Waals surface area (Å²) in [4.78, 5) is 36.4. The minimum Gasteiger partial charge on any atom is -0.350 e. The quantitative estimate of drug-likeness (QED) is 0.508. The Hall–Kier alpha value is -3.35. The highest BCUT2D eigenvalue weighted by Crippen LogP contribution is 2.26. The number of hydrogen-bond donors (Lipinski definition) is 4. The number of aryl methyl sites for hydroxylation is 2. The zero-order chi connectivity index (χ0) is 22.2. The van der Waals surface area contributed by atoms with Crippen molar-refractivity contribution < 1.29 is 14.4 Å². The van der Waals surface area contributed by atoms with E-state index >= 15 is 0 Å². The van der Waals surface area contributed by atoms with Crippen molar-refractivity contribution in [2.45, 2.75) is 39.5 Å². The second kappa shape index (κ2) is 10.6. The normalized spacial score (nSPS) is 13.5. The van der Waals surface area contributed by atoms with E-state index in [2.05, 4.69) is 21.3 Å². The fraction of sp³-hybridized carbons (Fsp3) is 0.375. The van der Waals surface area contributed by atoms with Gasteiger partial charge in [-0.2, -0.15) is 0 Å². The molecular weight excluding hydrogens is 392 g/mol. The average molecular weight is 423 g/mol. The SMILES string of the molecule is Cc1ccc(NC(=O)NCCNC(=O)c2ccc(NC(=O)C3CCCC3)cc2)cc1C. The Morgan fingerprint density at radius 2 is 1.45 bits per heavy atom. The van der Waals surface area contributed by atoms with Crippen molar-refractivity contribution in [3.8, 4) is 0 Å². The van der Waals surface area contributed by atoms with Gasteiger partial charge in [-0.25, -0.2) is 4.79 Å². The van der Waals surface area contributed by atoms with Crippen molar-refractivity contribution in [1.82, 2.24) is 10.6 Å². The van der Waals surface area contributed by atoms with E-state index in [4.69, 9.17) is 0 Å². The standard InChI is InChI=1S/C24H30N4O3/c1-16-7-10-21(15-17(16)2)28-24(31)26-14-13-25-22(29)19-8-11-20(12-9-19)27-23(30)18-5-3-4-6-18/h7-12,15,18H,3-6,13-14H2,1-2H3,(H,25,29)(H,27,30)(H2,26,28,31). The molecule has 0 atom stereocenters. The van der Waals surface area contributed by atoms with Gasteiger partial charge in [0, 0.05) is 35.9 Å². The number of carbonyl (C=O) groups excluding carboxylic acids is 3. The molecule has 0 unspecified atom stereocenters. The van der Waals surface area contributed by atoms with Gasteiger partial charge in [-0.15, -0.1) is 0 Å². The molecule has 1 aliphatic rings. The summed E-state index contributed by atoms with van der Waals surface area (Å²) in [6.07, 6.45) is 4.12. The van der Waals surface area contributed by atoms with Gasteiger partial charge in [0.15, 0.2) is 0 Å². The summed E-state index contributed by atoms with van der Waals surface area (Å²) < 4.78 is 0. The molecule has 0 heterocycles. The van der Waals surface area contributed by atoms with E-state index in [1.165, 1.54) is 0 Å². The summed E-state index contributed by atoms with van der Waals surface area (Å²) in [6.45, 7) is 4.61. The molecule has 3 rings (SSSR count). The van der Waals surface area contributed by atoms with E-state index in [1.54, 1.807) is 24.3 Å². The van der Waals surface area contributed by atoms with Gasteiger partial charge in [-0.3, -0.25) is 9.59 Å². The second-order valence-electron chi connectivity index (χ2n) is 7.98. The largest absolute Gasteiger partial charge is 0.350 e. The maximum absolute atomic E-state index is 12.3. The fourth-order valence-electron chi connectivity index (χ4n) is 3.59. The summed E-state index contributed by atoms with van der Waals surface area (Å²) in [5.41, 5.74) is 4.19. The molecule has 2 aromatic carbocycles. The third-order valence-electron chi connectivity index (χ3n) is 5.60. The summed E-state index contributed by atoms with van der Waals surface area (Å²) in [5, 5.41) is 11.2. The number of carbonyl (C=O) groups is 3. The fourth-order valence-corrected chi connectivity index (χ4v) is 3.59. The first-order valence-corrected chi connectivity index (χ1v) is 10.7. The van der Waals surface area contributed by atoms with Gasteiger partial charge in [-0.05, 0) is 74.2 Å². The van der Waals surface area contributed by atoms with Crippen LogP contribution in [0, 0.1) is 19.8 Å². The first kappa shape index (κ1) is 22.3. The van der Waals surface area contributed by atoms with Gasteiger partial charge in [-0.1, -0.05) is 18.9 Å². The molecule has 2 aromatic rings. The number of urea groups is 1. The molecule has 1 saturated carbocycles. The minimum absolute atomic E-state index is 0.0554. The van der Waals surface area contributed by atoms with Gasteiger partial charge >= 0.3 is 6.03 Å². The van der Waals surface area contributed by atoms with E-state index in [-0.39, 0.29) is 23.8 Å². The molecule has 4 amide bonds. The third kappa shape index (κ3) is 6.57. The Kier molecular flexibility index (Phi) is 7.65. The number of amides is 4. The van der Waals surface area contributed by atoms with E-state index in [1.807, 2.05) is 32.0 Å². The number of nitrogens with one attached hydrogen (secondary N) is 4. The average Bonchev–Trinajstić information content (AvgIpc) is 3.29. The molecule has 0 saturated heterocycles. The van der Waals surface area contributed by atoms with Crippen LogP contribution in [-0.4, -0.2) is 30.9 Å². The van der Waals surface area contributed by atoms with Crippen LogP contribution in [0.1, 0.15) is 47.2 Å². The first-order chi connectivity index (χ1) is 14.9. The van der Waals surface area contributed by atoms with Crippen LogP contribution in [0.3, 0.4) is 0 Å². The Bertz CT molecular complexity index is 934. The maximum atomic E-state index is 12.3. The van der Waals surface area contributed by atoms with Crippen molar-refractivity contribution >= 4 is 29.2 Å². The van der Waals surface area contributed by atoms with E-state index < -0.39 is 0 Å². The van der Waals surface area contributed by atoms with Crippen LogP contribution >= 0.6 is 0 Å². The van der Waals surface area contributed by atoms with Crippen molar-refractivity contribution in [3.05, 3.63) is 59.2 Å². The summed E-state index contributed by atoms with van der Waals surface area (Å²) in [7, 11) is 0. The van der Waals surface area contributed by atoms with Gasteiger partial charge in [0.25, 0.3) is 5.91 Å². The predicted molar refractivity (Wildman–Crippen MR) is 122 cm³/mol. The van der Waals surface area contributed by atoms with Gasteiger partial charge in [0.1, 0.15) is 0 Å². The Morgan fingerprint density at radius 1 is 0.806 bits per heavy atom. The lowest BCUT2D eigenvalue weighted by atomic mass is 10.1. The molecule has 7 nitrogen and oxygen atoms in total. The lowest BCUT2D eigenvalue weighted by Gasteiger charge is -2.11. The Balaban J connectivity index is 1.37. The second-order valence-corrected chi connectivity index (χ2v) is 7.98. The van der Waals surface area contributed by atoms with Crippen molar-refractivity contribution in [1.29, 1.82) is 0 Å². The predicted octanol–water partition coefficient (Wildman–Crippen LogP) is 3.98. The first-order valence-electron chi connectivity index (χ1n) is 10.7. The molecule has 1 aliphatic carbocycles. The van der Waals surface area contributed by atoms with Crippen molar-refractivity contribution in [2.24, 2.45) is 5.92 Å². The zero-order valence-corrected chi connectivity index (χ0v) is 18.1. The molecule has 0 radical (unpaired) electrons. The third-order valence-corrected chi connectivity index (χ3v) is 5.60. The number of anilines is 2. The maximum Gasteiger partial charge on any atom is 0.319 e. The highest BCUT2D eigenvalue weighted by Gasteiger charge is 2.22. The summed E-state index contributed by atoms with van der Waals surface area (Å²) >= 11 is 0. The Labute approximate surface area is 183 Å². The molecule has 7 heteroatoms. The number of hydrogen-bond acceptors (Lipinski definition) is 3. The molecule has 1 fully saturated rings. The molecular formula is C24H30N4O3. The minimum atomic E-state index is -0.320. The van der Waals surface area contributed by atoms with Gasteiger partial charge < -0.3 is 21.3 Å². The summed E-state index contributed by atoms with van der Waals surface area (Å²) in [6, 6.07) is 12.2. The van der Waals surface area contributed by atoms with Crippen LogP contribution in [0.5, 0.6) is 0 Å². The van der Waals surface area contributed by atoms with E-state index in [0.29, 0.717) is 24.3 Å². The highest BCUT2D eigenvalue weighted by atomic mass is 16.2. The molecule has 0 aliphatic heterocycles. The lowest BCUT2D eigenvalue weighted by molar-refractivity contribution is -0.119. The van der Waals surface area contributed by atoms with Gasteiger partial charge in [0.05, 0.1) is 0 Å². The lowest BCUT2D eigenvalue weighted by Crippen LogP contribution is -2.36. The topological polar surface area (TPSA) is 99.3 Å². The van der Waals surface area contributed by atoms with Crippen LogP contribution in [-0.2, 0) is 4.79 Å². The molecule has 0 spiro atoms. The van der Waals surface area contributed by atoms with E-state index in [9.17, 15) is 14.4 Å². The molecule has 0 bridgehead atoms. The van der Waals surface area contributed by atoms with E-state index in [0.717, 1.165) is 42.5 Å². The molecule has 4 N–H and O–H groups in total. The summed E-state index contributed by atoms with van der Waals surface area (Å²) in [5.74, 6) is -0.0763. The molecule has 31 heavy (non-hydrogen) atoms. The number of benzene rings is 2. The van der Waals surface area contributed by atoms with Crippen molar-refractivity contribution in [2.75, 3.05) is 23.7 Å². The van der Waals surface area contributed by atoms with Gasteiger partial charge in [0.2, 0.25) is 5.91 Å². The smallest absolute Gasteiger partial charge is 0.319 e. The van der Waals surface area contributed by atoms with Crippen molar-refractivity contribution in [3.63, 3.8) is 0 Å². The Morgan fingerprint density at radius 3 is 2.13 bits per heavy atom. The molecule has 164 valence electrons. The van der Waals surface area contributed by atoms with Crippen LogP contribution in [0.25, 0.3) is 0 Å². The zero-order valence-electron chi connectivity index (χ0n) is 18.1. The van der Waals surface area contributed by atoms with Crippen LogP contribution < -0.4 is 21.3 Å². The number of rotatable bonds is 7. The van der Waals surface area contributed by atoms with Crippen LogP contribution in [0.15, 0.2) is 42.5 Å². The van der Waals surface area contributed by atoms with Crippen LogP contribution in [0.2, 0.25) is 0 Å². The highest BCUT2D eigenvalue weighted by molar-refractivity contribution is 5.96.